The molecule has 0 fully saturated rings. The van der Waals surface area contributed by atoms with Crippen LogP contribution >= 0.6 is 27.3 Å². The fraction of sp³-hybridized carbons (Fsp3) is 0.250. The average Bonchev–Trinajstić information content (AvgIpc) is 2.63. The summed E-state index contributed by atoms with van der Waals surface area (Å²) in [6.07, 6.45) is 0. The first-order chi connectivity index (χ1) is 7.59. The quantitative estimate of drug-likeness (QED) is 0.920. The van der Waals surface area contributed by atoms with Gasteiger partial charge in [-0.15, -0.1) is 0 Å². The van der Waals surface area contributed by atoms with Crippen LogP contribution in [0.3, 0.4) is 0 Å². The van der Waals surface area contributed by atoms with E-state index in [1.54, 1.807) is 11.3 Å². The molecule has 2 heterocycles. The molecule has 4 heteroatoms. The molecule has 1 unspecified atom stereocenters. The molecule has 0 bridgehead atoms. The van der Waals surface area contributed by atoms with Crippen molar-refractivity contribution < 1.29 is 0 Å². The zero-order valence-corrected chi connectivity index (χ0v) is 11.6. The second kappa shape index (κ2) is 4.65. The van der Waals surface area contributed by atoms with Crippen LogP contribution in [0.15, 0.2) is 27.4 Å². The van der Waals surface area contributed by atoms with Crippen molar-refractivity contribution in [3.63, 3.8) is 0 Å². The van der Waals surface area contributed by atoms with Crippen molar-refractivity contribution in [2.24, 2.45) is 5.73 Å². The maximum Gasteiger partial charge on any atom is 0.0589 e. The summed E-state index contributed by atoms with van der Waals surface area (Å²) < 4.78 is 1.07. The van der Waals surface area contributed by atoms with E-state index in [0.29, 0.717) is 0 Å². The van der Waals surface area contributed by atoms with Crippen LogP contribution in [0.2, 0.25) is 0 Å². The van der Waals surface area contributed by atoms with Gasteiger partial charge >= 0.3 is 0 Å². The number of aromatic nitrogens is 1. The zero-order valence-electron chi connectivity index (χ0n) is 9.20. The van der Waals surface area contributed by atoms with Crippen LogP contribution in [0.25, 0.3) is 0 Å². The van der Waals surface area contributed by atoms with Crippen molar-refractivity contribution in [3.05, 3.63) is 49.9 Å². The Hall–Kier alpha value is -0.710. The Balaban J connectivity index is 2.41. The topological polar surface area (TPSA) is 38.9 Å². The molecule has 16 heavy (non-hydrogen) atoms. The van der Waals surface area contributed by atoms with E-state index in [1.807, 2.05) is 25.3 Å². The molecule has 0 aliphatic heterocycles. The van der Waals surface area contributed by atoms with Crippen molar-refractivity contribution in [2.45, 2.75) is 19.9 Å². The van der Waals surface area contributed by atoms with Gasteiger partial charge in [-0.05, 0) is 52.4 Å². The standard InChI is InChI=1S/C12H13BrN2S/c1-7-3-4-9(8(2)15-7)12(14)10-5-16-6-11(10)13/h3-6,12H,14H2,1-2H3. The summed E-state index contributed by atoms with van der Waals surface area (Å²) in [5.74, 6) is 0. The van der Waals surface area contributed by atoms with Crippen LogP contribution in [-0.2, 0) is 0 Å². The molecule has 1 atom stereocenters. The second-order valence-electron chi connectivity index (χ2n) is 3.78. The number of rotatable bonds is 2. The highest BCUT2D eigenvalue weighted by Gasteiger charge is 2.15. The van der Waals surface area contributed by atoms with E-state index in [9.17, 15) is 0 Å². The molecule has 0 spiro atoms. The average molecular weight is 297 g/mol. The van der Waals surface area contributed by atoms with Crippen molar-refractivity contribution in [1.29, 1.82) is 0 Å². The van der Waals surface area contributed by atoms with Gasteiger partial charge in [0.05, 0.1) is 6.04 Å². The molecule has 2 rings (SSSR count). The van der Waals surface area contributed by atoms with E-state index < -0.39 is 0 Å². The molecule has 2 aromatic rings. The fourth-order valence-electron chi connectivity index (χ4n) is 1.71. The normalized spacial score (nSPS) is 12.8. The molecule has 0 aliphatic carbocycles. The third kappa shape index (κ3) is 2.19. The van der Waals surface area contributed by atoms with Crippen molar-refractivity contribution in [2.75, 3.05) is 0 Å². The third-order valence-electron chi connectivity index (χ3n) is 2.58. The molecule has 0 aliphatic rings. The van der Waals surface area contributed by atoms with E-state index >= 15 is 0 Å². The van der Waals surface area contributed by atoms with Crippen LogP contribution in [-0.4, -0.2) is 4.98 Å². The predicted molar refractivity (Wildman–Crippen MR) is 71.8 cm³/mol. The molecule has 0 saturated carbocycles. The van der Waals surface area contributed by atoms with Gasteiger partial charge in [0.25, 0.3) is 0 Å². The summed E-state index contributed by atoms with van der Waals surface area (Å²) in [7, 11) is 0. The molecule has 2 nitrogen and oxygen atoms in total. The second-order valence-corrected chi connectivity index (χ2v) is 5.38. The summed E-state index contributed by atoms with van der Waals surface area (Å²) in [5.41, 5.74) is 10.5. The minimum Gasteiger partial charge on any atom is -0.320 e. The summed E-state index contributed by atoms with van der Waals surface area (Å²) in [5, 5.41) is 4.13. The van der Waals surface area contributed by atoms with Gasteiger partial charge in [-0.25, -0.2) is 0 Å². The van der Waals surface area contributed by atoms with Gasteiger partial charge in [0.1, 0.15) is 0 Å². The lowest BCUT2D eigenvalue weighted by Gasteiger charge is -2.14. The number of nitrogens with two attached hydrogens (primary N) is 1. The number of nitrogens with zero attached hydrogens (tertiary/aromatic N) is 1. The first kappa shape index (κ1) is 11.8. The third-order valence-corrected chi connectivity index (χ3v) is 4.33. The SMILES string of the molecule is Cc1ccc(C(N)c2cscc2Br)c(C)n1. The Morgan fingerprint density at radius 1 is 1.25 bits per heavy atom. The molecule has 2 N–H and O–H groups in total. The van der Waals surface area contributed by atoms with E-state index in [4.69, 9.17) is 5.73 Å². The van der Waals surface area contributed by atoms with Gasteiger partial charge in [-0.1, -0.05) is 6.07 Å². The molecule has 0 amide bonds. The first-order valence-electron chi connectivity index (χ1n) is 5.01. The summed E-state index contributed by atoms with van der Waals surface area (Å²) in [6, 6.07) is 3.96. The van der Waals surface area contributed by atoms with E-state index in [-0.39, 0.29) is 6.04 Å². The highest BCUT2D eigenvalue weighted by molar-refractivity contribution is 9.10. The number of aryl methyl sites for hydroxylation is 2. The van der Waals surface area contributed by atoms with Gasteiger partial charge < -0.3 is 5.73 Å². The lowest BCUT2D eigenvalue weighted by atomic mass is 10.0. The number of hydrogen-bond donors (Lipinski definition) is 1. The molecule has 84 valence electrons. The summed E-state index contributed by atoms with van der Waals surface area (Å²) >= 11 is 5.16. The molecule has 0 saturated heterocycles. The Kier molecular flexibility index (Phi) is 3.42. The van der Waals surface area contributed by atoms with Crippen LogP contribution in [0, 0.1) is 13.8 Å². The molecule has 0 aromatic carbocycles. The Morgan fingerprint density at radius 3 is 2.56 bits per heavy atom. The van der Waals surface area contributed by atoms with Crippen molar-refractivity contribution in [3.8, 4) is 0 Å². The van der Waals surface area contributed by atoms with Gasteiger partial charge in [-0.2, -0.15) is 11.3 Å². The van der Waals surface area contributed by atoms with Crippen molar-refractivity contribution in [1.82, 2.24) is 4.98 Å². The van der Waals surface area contributed by atoms with Crippen LogP contribution < -0.4 is 5.73 Å². The van der Waals surface area contributed by atoms with Crippen LogP contribution in [0.1, 0.15) is 28.6 Å². The number of thiophene rings is 1. The van der Waals surface area contributed by atoms with Crippen molar-refractivity contribution >= 4 is 27.3 Å². The number of halogens is 1. The number of hydrogen-bond acceptors (Lipinski definition) is 3. The molecular weight excluding hydrogens is 284 g/mol. The zero-order chi connectivity index (χ0) is 11.7. The van der Waals surface area contributed by atoms with Gasteiger partial charge in [0.15, 0.2) is 0 Å². The van der Waals surface area contributed by atoms with E-state index in [2.05, 4.69) is 32.4 Å². The minimum atomic E-state index is -0.103. The highest BCUT2D eigenvalue weighted by Crippen LogP contribution is 2.30. The van der Waals surface area contributed by atoms with E-state index in [1.165, 1.54) is 0 Å². The van der Waals surface area contributed by atoms with E-state index in [0.717, 1.165) is 27.0 Å². The summed E-state index contributed by atoms with van der Waals surface area (Å²) in [6.45, 7) is 3.99. The Bertz CT molecular complexity index is 507. The molecule has 2 aromatic heterocycles. The maximum absolute atomic E-state index is 6.25. The molecule has 0 radical (unpaired) electrons. The monoisotopic (exact) mass is 296 g/mol. The van der Waals surface area contributed by atoms with Crippen LogP contribution in [0.5, 0.6) is 0 Å². The lowest BCUT2D eigenvalue weighted by molar-refractivity contribution is 0.844. The Morgan fingerprint density at radius 2 is 2.00 bits per heavy atom. The van der Waals surface area contributed by atoms with Crippen LogP contribution in [0.4, 0.5) is 0 Å². The minimum absolute atomic E-state index is 0.103. The predicted octanol–water partition coefficient (Wildman–Crippen LogP) is 3.57. The lowest BCUT2D eigenvalue weighted by Crippen LogP contribution is -2.13. The maximum atomic E-state index is 6.25. The molecular formula is C12H13BrN2S. The number of pyridine rings is 1. The fourth-order valence-corrected chi connectivity index (χ4v) is 3.29. The van der Waals surface area contributed by atoms with Gasteiger partial charge in [-0.3, -0.25) is 4.98 Å². The van der Waals surface area contributed by atoms with Gasteiger partial charge in [0, 0.05) is 21.2 Å². The first-order valence-corrected chi connectivity index (χ1v) is 6.74. The largest absolute Gasteiger partial charge is 0.320 e. The smallest absolute Gasteiger partial charge is 0.0589 e. The highest BCUT2D eigenvalue weighted by atomic mass is 79.9. The Labute approximate surface area is 108 Å². The summed E-state index contributed by atoms with van der Waals surface area (Å²) in [4.78, 5) is 4.44. The van der Waals surface area contributed by atoms with Gasteiger partial charge in [0.2, 0.25) is 0 Å².